The van der Waals surface area contributed by atoms with E-state index in [1.807, 2.05) is 25.1 Å². The third kappa shape index (κ3) is 4.71. The second kappa shape index (κ2) is 8.00. The molecule has 24 heavy (non-hydrogen) atoms. The molecule has 0 unspecified atom stereocenters. The van der Waals surface area contributed by atoms with Crippen molar-refractivity contribution < 1.29 is 0 Å². The molecular formula is C20H25ClN2S. The van der Waals surface area contributed by atoms with Crippen molar-refractivity contribution in [2.45, 2.75) is 40.7 Å². The Morgan fingerprint density at radius 2 is 1.71 bits per heavy atom. The van der Waals surface area contributed by atoms with Crippen LogP contribution in [0, 0.1) is 26.7 Å². The van der Waals surface area contributed by atoms with Crippen molar-refractivity contribution in [1.29, 1.82) is 0 Å². The highest BCUT2D eigenvalue weighted by atomic mass is 35.5. The average Bonchev–Trinajstić information content (AvgIpc) is 2.49. The lowest BCUT2D eigenvalue weighted by Gasteiger charge is -2.26. The fraction of sp³-hybridized carbons (Fsp3) is 0.350. The Bertz CT molecular complexity index is 740. The Hall–Kier alpha value is -1.58. The second-order valence-electron chi connectivity index (χ2n) is 6.64. The fourth-order valence-electron chi connectivity index (χ4n) is 2.76. The summed E-state index contributed by atoms with van der Waals surface area (Å²) in [7, 11) is 0. The lowest BCUT2D eigenvalue weighted by atomic mass is 9.92. The van der Waals surface area contributed by atoms with E-state index in [9.17, 15) is 0 Å². The number of rotatable bonds is 4. The highest BCUT2D eigenvalue weighted by molar-refractivity contribution is 7.80. The second-order valence-corrected chi connectivity index (χ2v) is 7.46. The summed E-state index contributed by atoms with van der Waals surface area (Å²) in [5, 5.41) is 8.02. The van der Waals surface area contributed by atoms with Gasteiger partial charge in [0.2, 0.25) is 0 Å². The van der Waals surface area contributed by atoms with Crippen LogP contribution >= 0.6 is 23.8 Å². The fourth-order valence-corrected chi connectivity index (χ4v) is 3.18. The maximum absolute atomic E-state index is 6.18. The van der Waals surface area contributed by atoms with Gasteiger partial charge in [0.15, 0.2) is 5.11 Å². The molecule has 2 nitrogen and oxygen atoms in total. The molecule has 4 heteroatoms. The summed E-state index contributed by atoms with van der Waals surface area (Å²) < 4.78 is 0. The van der Waals surface area contributed by atoms with E-state index < -0.39 is 0 Å². The van der Waals surface area contributed by atoms with Crippen molar-refractivity contribution in [2.24, 2.45) is 5.92 Å². The summed E-state index contributed by atoms with van der Waals surface area (Å²) in [6, 6.07) is 12.6. The topological polar surface area (TPSA) is 24.1 Å². The van der Waals surface area contributed by atoms with Gasteiger partial charge in [-0.05, 0) is 67.7 Å². The summed E-state index contributed by atoms with van der Waals surface area (Å²) in [5.41, 5.74) is 5.78. The number of nitrogens with one attached hydrogen (secondary N) is 2. The zero-order valence-corrected chi connectivity index (χ0v) is 16.5. The SMILES string of the molecule is Cc1ccc([C@@H](NC(=S)Nc2ccc(C)c(Cl)c2)C(C)C)c(C)c1. The lowest BCUT2D eigenvalue weighted by molar-refractivity contribution is 0.471. The summed E-state index contributed by atoms with van der Waals surface area (Å²) in [6.07, 6.45) is 0. The van der Waals surface area contributed by atoms with Crippen molar-refractivity contribution in [3.8, 4) is 0 Å². The first kappa shape index (κ1) is 18.8. The number of thiocarbonyl (C=S) groups is 1. The Kier molecular flexibility index (Phi) is 6.25. The standard InChI is InChI=1S/C20H25ClN2S/c1-12(2)19(17-9-6-13(3)10-15(17)5)23-20(24)22-16-8-7-14(4)18(21)11-16/h6-12,19H,1-5H3,(H2,22,23,24)/t19-/m0/s1. The molecule has 0 saturated heterocycles. The van der Waals surface area contributed by atoms with Crippen LogP contribution in [0.2, 0.25) is 5.02 Å². The molecule has 0 bridgehead atoms. The number of benzene rings is 2. The van der Waals surface area contributed by atoms with Crippen molar-refractivity contribution in [1.82, 2.24) is 5.32 Å². The maximum Gasteiger partial charge on any atom is 0.171 e. The Morgan fingerprint density at radius 3 is 2.29 bits per heavy atom. The van der Waals surface area contributed by atoms with Gasteiger partial charge in [0.05, 0.1) is 6.04 Å². The minimum atomic E-state index is 0.159. The first-order valence-electron chi connectivity index (χ1n) is 8.18. The molecule has 0 spiro atoms. The normalized spacial score (nSPS) is 12.1. The van der Waals surface area contributed by atoms with Gasteiger partial charge >= 0.3 is 0 Å². The molecule has 1 atom stereocenters. The predicted molar refractivity (Wildman–Crippen MR) is 109 cm³/mol. The van der Waals surface area contributed by atoms with E-state index in [2.05, 4.69) is 56.5 Å². The van der Waals surface area contributed by atoms with Crippen LogP contribution in [0.25, 0.3) is 0 Å². The van der Waals surface area contributed by atoms with Gasteiger partial charge in [-0.1, -0.05) is 55.3 Å². The Labute approximate surface area is 155 Å². The molecule has 0 aliphatic rings. The smallest absolute Gasteiger partial charge is 0.171 e. The largest absolute Gasteiger partial charge is 0.355 e. The van der Waals surface area contributed by atoms with E-state index in [1.165, 1.54) is 16.7 Å². The number of hydrogen-bond donors (Lipinski definition) is 2. The third-order valence-corrected chi connectivity index (χ3v) is 4.77. The molecule has 0 radical (unpaired) electrons. The van der Waals surface area contributed by atoms with Crippen LogP contribution in [0.15, 0.2) is 36.4 Å². The molecule has 0 heterocycles. The van der Waals surface area contributed by atoms with Crippen LogP contribution in [0.4, 0.5) is 5.69 Å². The summed E-state index contributed by atoms with van der Waals surface area (Å²) in [4.78, 5) is 0. The molecule has 2 rings (SSSR count). The van der Waals surface area contributed by atoms with Gasteiger partial charge in [0, 0.05) is 10.7 Å². The van der Waals surface area contributed by atoms with Crippen LogP contribution in [0.5, 0.6) is 0 Å². The Morgan fingerprint density at radius 1 is 1.00 bits per heavy atom. The van der Waals surface area contributed by atoms with E-state index in [0.717, 1.165) is 16.3 Å². The molecule has 0 amide bonds. The highest BCUT2D eigenvalue weighted by Gasteiger charge is 2.18. The molecule has 0 saturated carbocycles. The van der Waals surface area contributed by atoms with Gasteiger partial charge in [-0.15, -0.1) is 0 Å². The average molecular weight is 361 g/mol. The lowest BCUT2D eigenvalue weighted by Crippen LogP contribution is -2.35. The maximum atomic E-state index is 6.18. The number of halogens is 1. The molecular weight excluding hydrogens is 336 g/mol. The van der Waals surface area contributed by atoms with Crippen molar-refractivity contribution >= 4 is 34.6 Å². The van der Waals surface area contributed by atoms with Gasteiger partial charge in [0.1, 0.15) is 0 Å². The minimum Gasteiger partial charge on any atom is -0.355 e. The zero-order valence-electron chi connectivity index (χ0n) is 14.9. The Balaban J connectivity index is 2.15. The van der Waals surface area contributed by atoms with Gasteiger partial charge in [-0.2, -0.15) is 0 Å². The predicted octanol–water partition coefficient (Wildman–Crippen LogP) is 5.95. The van der Waals surface area contributed by atoms with E-state index in [1.54, 1.807) is 0 Å². The quantitative estimate of drug-likeness (QED) is 0.659. The van der Waals surface area contributed by atoms with E-state index in [0.29, 0.717) is 11.0 Å². The van der Waals surface area contributed by atoms with Crippen molar-refractivity contribution in [3.63, 3.8) is 0 Å². The van der Waals surface area contributed by atoms with Crippen LogP contribution in [0.1, 0.15) is 42.1 Å². The molecule has 0 aliphatic heterocycles. The molecule has 0 fully saturated rings. The first-order chi connectivity index (χ1) is 11.3. The van der Waals surface area contributed by atoms with Crippen molar-refractivity contribution in [2.75, 3.05) is 5.32 Å². The van der Waals surface area contributed by atoms with E-state index in [-0.39, 0.29) is 6.04 Å². The summed E-state index contributed by atoms with van der Waals surface area (Å²) in [5.74, 6) is 0.410. The first-order valence-corrected chi connectivity index (χ1v) is 8.97. The van der Waals surface area contributed by atoms with E-state index >= 15 is 0 Å². The highest BCUT2D eigenvalue weighted by Crippen LogP contribution is 2.26. The molecule has 2 aromatic rings. The van der Waals surface area contributed by atoms with Crippen LogP contribution < -0.4 is 10.6 Å². The van der Waals surface area contributed by atoms with Crippen molar-refractivity contribution in [3.05, 3.63) is 63.7 Å². The van der Waals surface area contributed by atoms with Crippen LogP contribution in [-0.4, -0.2) is 5.11 Å². The molecule has 0 aromatic heterocycles. The molecule has 2 N–H and O–H groups in total. The van der Waals surface area contributed by atoms with Crippen LogP contribution in [-0.2, 0) is 0 Å². The third-order valence-electron chi connectivity index (χ3n) is 4.14. The summed E-state index contributed by atoms with van der Waals surface area (Å²) in [6.45, 7) is 10.6. The number of aryl methyl sites for hydroxylation is 3. The summed E-state index contributed by atoms with van der Waals surface area (Å²) >= 11 is 11.7. The zero-order chi connectivity index (χ0) is 17.9. The van der Waals surface area contributed by atoms with Crippen LogP contribution in [0.3, 0.4) is 0 Å². The van der Waals surface area contributed by atoms with Gasteiger partial charge < -0.3 is 10.6 Å². The molecule has 2 aromatic carbocycles. The van der Waals surface area contributed by atoms with Gasteiger partial charge in [-0.25, -0.2) is 0 Å². The molecule has 128 valence electrons. The van der Waals surface area contributed by atoms with Gasteiger partial charge in [-0.3, -0.25) is 0 Å². The van der Waals surface area contributed by atoms with Gasteiger partial charge in [0.25, 0.3) is 0 Å². The minimum absolute atomic E-state index is 0.159. The number of hydrogen-bond acceptors (Lipinski definition) is 1. The van der Waals surface area contributed by atoms with E-state index in [4.69, 9.17) is 23.8 Å². The molecule has 0 aliphatic carbocycles. The monoisotopic (exact) mass is 360 g/mol. The number of anilines is 1.